The van der Waals surface area contributed by atoms with Gasteiger partial charge in [-0.1, -0.05) is 54.6 Å². The number of benzene rings is 3. The second-order valence-corrected chi connectivity index (χ2v) is 7.26. The summed E-state index contributed by atoms with van der Waals surface area (Å²) in [7, 11) is 0. The molecule has 7 nitrogen and oxygen atoms in total. The molecule has 0 saturated heterocycles. The number of ether oxygens (including phenoxy) is 2. The normalized spacial score (nSPS) is 12.1. The van der Waals surface area contributed by atoms with E-state index in [-0.39, 0.29) is 12.2 Å². The molecule has 0 amide bonds. The first-order valence-corrected chi connectivity index (χ1v) is 10.6. The molecule has 1 aromatic heterocycles. The summed E-state index contributed by atoms with van der Waals surface area (Å²) in [6.45, 7) is 3.66. The van der Waals surface area contributed by atoms with Gasteiger partial charge in [-0.3, -0.25) is 4.79 Å². The molecule has 166 valence electrons. The molecular formula is C26H23N3O4. The molecule has 7 heteroatoms. The van der Waals surface area contributed by atoms with E-state index in [2.05, 4.69) is 10.1 Å². The van der Waals surface area contributed by atoms with Crippen molar-refractivity contribution in [2.24, 2.45) is 5.10 Å². The lowest BCUT2D eigenvalue weighted by atomic mass is 10.2. The maximum Gasteiger partial charge on any atom is 0.347 e. The van der Waals surface area contributed by atoms with Gasteiger partial charge in [0.05, 0.1) is 23.7 Å². The minimum atomic E-state index is -0.742. The second-order valence-electron chi connectivity index (χ2n) is 7.26. The Morgan fingerprint density at radius 1 is 1.06 bits per heavy atom. The lowest BCUT2D eigenvalue weighted by Crippen LogP contribution is -2.26. The summed E-state index contributed by atoms with van der Waals surface area (Å²) in [5.41, 5.74) is 1.82. The molecule has 0 radical (unpaired) electrons. The van der Waals surface area contributed by atoms with Crippen molar-refractivity contribution < 1.29 is 14.3 Å². The van der Waals surface area contributed by atoms with Crippen LogP contribution in [-0.2, 0) is 9.53 Å². The average molecular weight is 441 g/mol. The van der Waals surface area contributed by atoms with Crippen LogP contribution in [0.5, 0.6) is 5.75 Å². The summed E-state index contributed by atoms with van der Waals surface area (Å²) < 4.78 is 12.0. The summed E-state index contributed by atoms with van der Waals surface area (Å²) in [5, 5.41) is 4.94. The Balaban J connectivity index is 1.71. The number of hydrogen-bond acceptors (Lipinski definition) is 6. The lowest BCUT2D eigenvalue weighted by molar-refractivity contribution is -0.150. The predicted octanol–water partition coefficient (Wildman–Crippen LogP) is 4.28. The predicted molar refractivity (Wildman–Crippen MR) is 128 cm³/mol. The highest BCUT2D eigenvalue weighted by molar-refractivity contribution is 5.82. The van der Waals surface area contributed by atoms with E-state index in [0.29, 0.717) is 28.0 Å². The number of carbonyl (C=O) groups excluding carboxylic acids is 1. The summed E-state index contributed by atoms with van der Waals surface area (Å²) in [4.78, 5) is 29.8. The monoisotopic (exact) mass is 441 g/mol. The van der Waals surface area contributed by atoms with Gasteiger partial charge in [-0.25, -0.2) is 9.78 Å². The number of para-hydroxylation sites is 1. The molecule has 0 N–H and O–H groups in total. The van der Waals surface area contributed by atoms with Crippen molar-refractivity contribution in [1.82, 2.24) is 9.66 Å². The minimum Gasteiger partial charge on any atom is -0.479 e. The first kappa shape index (κ1) is 22.0. The number of fused-ring (bicyclic) bond motifs is 1. The smallest absolute Gasteiger partial charge is 0.347 e. The number of nitrogens with zero attached hydrogens (tertiary/aromatic N) is 3. The van der Waals surface area contributed by atoms with Crippen molar-refractivity contribution in [3.63, 3.8) is 0 Å². The van der Waals surface area contributed by atoms with E-state index in [1.54, 1.807) is 50.4 Å². The Labute approximate surface area is 190 Å². The van der Waals surface area contributed by atoms with Crippen LogP contribution >= 0.6 is 0 Å². The molecule has 0 aliphatic heterocycles. The van der Waals surface area contributed by atoms with Gasteiger partial charge in [-0.15, -0.1) is 0 Å². The summed E-state index contributed by atoms with van der Waals surface area (Å²) >= 11 is 0. The third-order valence-corrected chi connectivity index (χ3v) is 4.90. The fraction of sp³-hybridized carbons (Fsp3) is 0.154. The molecular weight excluding hydrogens is 418 g/mol. The van der Waals surface area contributed by atoms with Crippen molar-refractivity contribution in [3.8, 4) is 17.1 Å². The van der Waals surface area contributed by atoms with Gasteiger partial charge in [0.25, 0.3) is 5.56 Å². The zero-order valence-electron chi connectivity index (χ0n) is 18.3. The van der Waals surface area contributed by atoms with Gasteiger partial charge in [-0.05, 0) is 43.7 Å². The Kier molecular flexibility index (Phi) is 6.59. The Bertz CT molecular complexity index is 1360. The van der Waals surface area contributed by atoms with E-state index in [9.17, 15) is 9.59 Å². The van der Waals surface area contributed by atoms with E-state index >= 15 is 0 Å². The maximum absolute atomic E-state index is 13.2. The van der Waals surface area contributed by atoms with E-state index < -0.39 is 12.1 Å². The second kappa shape index (κ2) is 9.91. The van der Waals surface area contributed by atoms with E-state index in [0.717, 1.165) is 5.56 Å². The van der Waals surface area contributed by atoms with Gasteiger partial charge in [0, 0.05) is 5.56 Å². The third-order valence-electron chi connectivity index (χ3n) is 4.90. The molecule has 0 fully saturated rings. The largest absolute Gasteiger partial charge is 0.479 e. The highest BCUT2D eigenvalue weighted by Gasteiger charge is 2.16. The molecule has 0 saturated carbocycles. The van der Waals surface area contributed by atoms with Gasteiger partial charge in [0.2, 0.25) is 0 Å². The SMILES string of the molecule is CCOC(=O)[C@H](C)Oc1cccc(C=Nn2c(-c3ccccc3)nc3ccccc3c2=O)c1. The first-order valence-electron chi connectivity index (χ1n) is 10.6. The Morgan fingerprint density at radius 3 is 2.61 bits per heavy atom. The molecule has 4 rings (SSSR count). The topological polar surface area (TPSA) is 82.8 Å². The van der Waals surface area contributed by atoms with Crippen LogP contribution in [0.15, 0.2) is 88.8 Å². The molecule has 33 heavy (non-hydrogen) atoms. The van der Waals surface area contributed by atoms with Gasteiger partial charge in [0.15, 0.2) is 11.9 Å². The van der Waals surface area contributed by atoms with Crippen LogP contribution in [0.1, 0.15) is 19.4 Å². The van der Waals surface area contributed by atoms with Crippen LogP contribution in [0.25, 0.3) is 22.3 Å². The minimum absolute atomic E-state index is 0.265. The summed E-state index contributed by atoms with van der Waals surface area (Å²) in [6.07, 6.45) is 0.820. The lowest BCUT2D eigenvalue weighted by Gasteiger charge is -2.13. The first-order chi connectivity index (χ1) is 16.1. The van der Waals surface area contributed by atoms with Crippen molar-refractivity contribution in [3.05, 3.63) is 94.8 Å². The number of rotatable bonds is 7. The highest BCUT2D eigenvalue weighted by Crippen LogP contribution is 2.19. The Morgan fingerprint density at radius 2 is 1.82 bits per heavy atom. The number of aromatic nitrogens is 2. The zero-order valence-corrected chi connectivity index (χ0v) is 18.3. The molecule has 4 aromatic rings. The number of hydrogen-bond donors (Lipinski definition) is 0. The van der Waals surface area contributed by atoms with E-state index in [1.165, 1.54) is 4.68 Å². The van der Waals surface area contributed by atoms with Crippen LogP contribution in [0.2, 0.25) is 0 Å². The molecule has 0 bridgehead atoms. The third kappa shape index (κ3) is 4.98. The van der Waals surface area contributed by atoms with Crippen LogP contribution in [0, 0.1) is 0 Å². The summed E-state index contributed by atoms with van der Waals surface area (Å²) in [6, 6.07) is 23.7. The summed E-state index contributed by atoms with van der Waals surface area (Å²) in [5.74, 6) is 0.503. The van der Waals surface area contributed by atoms with Gasteiger partial charge >= 0.3 is 5.97 Å². The molecule has 0 unspecified atom stereocenters. The van der Waals surface area contributed by atoms with Gasteiger partial charge in [-0.2, -0.15) is 9.78 Å². The van der Waals surface area contributed by atoms with Crippen molar-refractivity contribution >= 4 is 23.1 Å². The fourth-order valence-electron chi connectivity index (χ4n) is 3.31. The molecule has 1 atom stereocenters. The number of carbonyl (C=O) groups is 1. The van der Waals surface area contributed by atoms with E-state index in [4.69, 9.17) is 9.47 Å². The fourth-order valence-corrected chi connectivity index (χ4v) is 3.31. The quantitative estimate of drug-likeness (QED) is 0.316. The Hall–Kier alpha value is -4.26. The average Bonchev–Trinajstić information content (AvgIpc) is 2.84. The molecule has 0 spiro atoms. The van der Waals surface area contributed by atoms with Crippen molar-refractivity contribution in [2.45, 2.75) is 20.0 Å². The molecule has 1 heterocycles. The van der Waals surface area contributed by atoms with Crippen molar-refractivity contribution in [1.29, 1.82) is 0 Å². The highest BCUT2D eigenvalue weighted by atomic mass is 16.6. The number of esters is 1. The van der Waals surface area contributed by atoms with Crippen LogP contribution in [-0.4, -0.2) is 34.6 Å². The van der Waals surface area contributed by atoms with Crippen LogP contribution < -0.4 is 10.3 Å². The van der Waals surface area contributed by atoms with Crippen LogP contribution in [0.3, 0.4) is 0 Å². The molecule has 3 aromatic carbocycles. The molecule has 0 aliphatic carbocycles. The van der Waals surface area contributed by atoms with Crippen LogP contribution in [0.4, 0.5) is 0 Å². The maximum atomic E-state index is 13.2. The van der Waals surface area contributed by atoms with Gasteiger partial charge < -0.3 is 9.47 Å². The molecule has 0 aliphatic rings. The van der Waals surface area contributed by atoms with E-state index in [1.807, 2.05) is 48.5 Å². The van der Waals surface area contributed by atoms with Gasteiger partial charge in [0.1, 0.15) is 5.75 Å². The van der Waals surface area contributed by atoms with Crippen molar-refractivity contribution in [2.75, 3.05) is 6.61 Å². The zero-order chi connectivity index (χ0) is 23.2. The standard InChI is InChI=1S/C26H23N3O4/c1-3-32-26(31)18(2)33-21-13-9-10-19(16-21)17-27-29-24(20-11-5-4-6-12-20)28-23-15-8-7-14-22(23)25(29)30/h4-18H,3H2,1-2H3/t18-/m0/s1.